The standard InChI is InChI=1S/C23H33N3O6S/c1-4-19-20(18(27)14-32-19)25-22(29)17(13-23(2)10-5-6-11-23)24-21(28)15-8-7-9-16(12-15)26-33(3,30)31/h7-9,12,17,19-20,26H,4-6,10-11,13-14H2,1-3H3,(H,24,28)(H,25,29)/t17-,19-,20+/m0/s1. The molecule has 3 rings (SSSR count). The number of carbonyl (C=O) groups excluding carboxylic acids is 3. The van der Waals surface area contributed by atoms with Crippen molar-refractivity contribution in [2.24, 2.45) is 5.41 Å². The first-order valence-corrected chi connectivity index (χ1v) is 13.2. The van der Waals surface area contributed by atoms with Gasteiger partial charge in [-0.1, -0.05) is 32.8 Å². The lowest BCUT2D eigenvalue weighted by atomic mass is 9.81. The van der Waals surface area contributed by atoms with Crippen LogP contribution in [0.4, 0.5) is 5.69 Å². The monoisotopic (exact) mass is 479 g/mol. The summed E-state index contributed by atoms with van der Waals surface area (Å²) in [7, 11) is -3.50. The summed E-state index contributed by atoms with van der Waals surface area (Å²) in [5.41, 5.74) is 0.396. The molecule has 2 fully saturated rings. The maximum absolute atomic E-state index is 13.2. The summed E-state index contributed by atoms with van der Waals surface area (Å²) in [5, 5.41) is 5.62. The number of nitrogens with one attached hydrogen (secondary N) is 3. The predicted molar refractivity (Wildman–Crippen MR) is 124 cm³/mol. The molecule has 0 aromatic heterocycles. The van der Waals surface area contributed by atoms with Gasteiger partial charge in [0.05, 0.1) is 12.4 Å². The molecular formula is C23H33N3O6S. The van der Waals surface area contributed by atoms with Crippen molar-refractivity contribution in [2.75, 3.05) is 17.6 Å². The van der Waals surface area contributed by atoms with Gasteiger partial charge in [0.15, 0.2) is 5.78 Å². The molecule has 2 aliphatic rings. The van der Waals surface area contributed by atoms with Gasteiger partial charge < -0.3 is 15.4 Å². The second-order valence-electron chi connectivity index (χ2n) is 9.41. The molecule has 10 heteroatoms. The Morgan fingerprint density at radius 1 is 1.24 bits per heavy atom. The quantitative estimate of drug-likeness (QED) is 0.497. The van der Waals surface area contributed by atoms with Crippen molar-refractivity contribution in [3.63, 3.8) is 0 Å². The van der Waals surface area contributed by atoms with Crippen LogP contribution in [0.15, 0.2) is 24.3 Å². The molecule has 1 heterocycles. The van der Waals surface area contributed by atoms with Crippen LogP contribution in [0.2, 0.25) is 0 Å². The molecule has 3 atom stereocenters. The van der Waals surface area contributed by atoms with E-state index < -0.39 is 33.9 Å². The van der Waals surface area contributed by atoms with Crippen LogP contribution in [-0.2, 0) is 24.3 Å². The third kappa shape index (κ3) is 6.77. The first kappa shape index (κ1) is 25.2. The highest BCUT2D eigenvalue weighted by Gasteiger charge is 2.39. The largest absolute Gasteiger partial charge is 0.368 e. The Hall–Kier alpha value is -2.46. The molecule has 0 unspecified atom stereocenters. The molecule has 0 radical (unpaired) electrons. The zero-order valence-corrected chi connectivity index (χ0v) is 20.2. The normalized spacial score (nSPS) is 23.2. The summed E-state index contributed by atoms with van der Waals surface area (Å²) in [6.07, 6.45) is 5.76. The number of hydrogen-bond donors (Lipinski definition) is 3. The van der Waals surface area contributed by atoms with Gasteiger partial charge in [0.25, 0.3) is 5.91 Å². The average Bonchev–Trinajstić information content (AvgIpc) is 3.32. The van der Waals surface area contributed by atoms with Crippen LogP contribution < -0.4 is 15.4 Å². The van der Waals surface area contributed by atoms with Crippen LogP contribution >= 0.6 is 0 Å². The molecule has 1 aliphatic heterocycles. The number of Topliss-reactive ketones (excluding diaryl/α,β-unsaturated/α-hetero) is 1. The minimum absolute atomic E-state index is 0.0294. The van der Waals surface area contributed by atoms with E-state index in [1.165, 1.54) is 12.1 Å². The molecule has 182 valence electrons. The highest BCUT2D eigenvalue weighted by atomic mass is 32.2. The number of carbonyl (C=O) groups is 3. The van der Waals surface area contributed by atoms with Gasteiger partial charge >= 0.3 is 0 Å². The van der Waals surface area contributed by atoms with Crippen LogP contribution in [0.3, 0.4) is 0 Å². The minimum Gasteiger partial charge on any atom is -0.368 e. The Labute approximate surface area is 195 Å². The minimum atomic E-state index is -3.50. The molecule has 0 spiro atoms. The van der Waals surface area contributed by atoms with Gasteiger partial charge in [-0.3, -0.25) is 19.1 Å². The molecule has 1 saturated heterocycles. The summed E-state index contributed by atoms with van der Waals surface area (Å²) in [6, 6.07) is 4.52. The van der Waals surface area contributed by atoms with Crippen molar-refractivity contribution in [1.82, 2.24) is 10.6 Å². The first-order valence-electron chi connectivity index (χ1n) is 11.3. The highest BCUT2D eigenvalue weighted by molar-refractivity contribution is 7.92. The van der Waals surface area contributed by atoms with Gasteiger partial charge in [-0.25, -0.2) is 8.42 Å². The van der Waals surface area contributed by atoms with Crippen molar-refractivity contribution >= 4 is 33.3 Å². The van der Waals surface area contributed by atoms with Crippen molar-refractivity contribution in [3.8, 4) is 0 Å². The first-order chi connectivity index (χ1) is 15.5. The van der Waals surface area contributed by atoms with E-state index in [0.717, 1.165) is 31.9 Å². The fraction of sp³-hybridized carbons (Fsp3) is 0.609. The lowest BCUT2D eigenvalue weighted by Gasteiger charge is -2.30. The SMILES string of the molecule is CC[C@@H]1OCC(=O)[C@H]1NC(=O)[C@H](CC1(C)CCCC1)NC(=O)c1cccc(NS(C)(=O)=O)c1. The number of ketones is 1. The lowest BCUT2D eigenvalue weighted by molar-refractivity contribution is -0.128. The van der Waals surface area contributed by atoms with E-state index in [9.17, 15) is 22.8 Å². The van der Waals surface area contributed by atoms with Crippen molar-refractivity contribution in [3.05, 3.63) is 29.8 Å². The summed E-state index contributed by atoms with van der Waals surface area (Å²) < 4.78 is 30.8. The van der Waals surface area contributed by atoms with Crippen LogP contribution in [-0.4, -0.2) is 57.1 Å². The number of sulfonamides is 1. The van der Waals surface area contributed by atoms with E-state index in [4.69, 9.17) is 4.74 Å². The second kappa shape index (κ2) is 10.2. The van der Waals surface area contributed by atoms with Gasteiger partial charge in [-0.15, -0.1) is 0 Å². The molecule has 1 aromatic rings. The molecule has 1 aromatic carbocycles. The van der Waals surface area contributed by atoms with E-state index in [0.29, 0.717) is 12.8 Å². The third-order valence-corrected chi connectivity index (χ3v) is 7.02. The Morgan fingerprint density at radius 2 is 1.94 bits per heavy atom. The zero-order valence-electron chi connectivity index (χ0n) is 19.3. The number of amides is 2. The van der Waals surface area contributed by atoms with E-state index in [2.05, 4.69) is 22.3 Å². The number of benzene rings is 1. The second-order valence-corrected chi connectivity index (χ2v) is 11.2. The Bertz CT molecular complexity index is 1000. The zero-order chi connectivity index (χ0) is 24.2. The number of rotatable bonds is 9. The number of anilines is 1. The van der Waals surface area contributed by atoms with Gasteiger partial charge in [0, 0.05) is 11.3 Å². The smallest absolute Gasteiger partial charge is 0.252 e. The van der Waals surface area contributed by atoms with Crippen LogP contribution in [0, 0.1) is 5.41 Å². The molecule has 33 heavy (non-hydrogen) atoms. The van der Waals surface area contributed by atoms with E-state index in [-0.39, 0.29) is 35.2 Å². The molecule has 2 amide bonds. The molecule has 0 bridgehead atoms. The van der Waals surface area contributed by atoms with Crippen LogP contribution in [0.5, 0.6) is 0 Å². The molecule has 3 N–H and O–H groups in total. The summed E-state index contributed by atoms with van der Waals surface area (Å²) in [4.78, 5) is 38.5. The average molecular weight is 480 g/mol. The maximum Gasteiger partial charge on any atom is 0.252 e. The van der Waals surface area contributed by atoms with Crippen molar-refractivity contribution < 1.29 is 27.5 Å². The summed E-state index contributed by atoms with van der Waals surface area (Å²) in [6.45, 7) is 3.97. The molecular weight excluding hydrogens is 446 g/mol. The van der Waals surface area contributed by atoms with Crippen molar-refractivity contribution in [1.29, 1.82) is 0 Å². The van der Waals surface area contributed by atoms with Gasteiger partial charge in [0.2, 0.25) is 15.9 Å². The van der Waals surface area contributed by atoms with Gasteiger partial charge in [-0.05, 0) is 49.3 Å². The lowest BCUT2D eigenvalue weighted by Crippen LogP contribution is -2.54. The fourth-order valence-electron chi connectivity index (χ4n) is 4.68. The Kier molecular flexibility index (Phi) is 7.79. The number of hydrogen-bond acceptors (Lipinski definition) is 6. The van der Waals surface area contributed by atoms with Crippen molar-refractivity contribution in [2.45, 2.75) is 70.6 Å². The topological polar surface area (TPSA) is 131 Å². The maximum atomic E-state index is 13.2. The molecule has 1 aliphatic carbocycles. The predicted octanol–water partition coefficient (Wildman–Crippen LogP) is 1.99. The van der Waals surface area contributed by atoms with E-state index in [1.54, 1.807) is 12.1 Å². The third-order valence-electron chi connectivity index (χ3n) is 6.42. The van der Waals surface area contributed by atoms with Crippen LogP contribution in [0.1, 0.15) is 62.7 Å². The molecule has 9 nitrogen and oxygen atoms in total. The van der Waals surface area contributed by atoms with Crippen LogP contribution in [0.25, 0.3) is 0 Å². The summed E-state index contributed by atoms with van der Waals surface area (Å²) in [5.74, 6) is -1.08. The summed E-state index contributed by atoms with van der Waals surface area (Å²) >= 11 is 0. The van der Waals surface area contributed by atoms with E-state index in [1.807, 2.05) is 6.92 Å². The Balaban J connectivity index is 1.78. The van der Waals surface area contributed by atoms with Gasteiger partial charge in [0.1, 0.15) is 18.7 Å². The van der Waals surface area contributed by atoms with Gasteiger partial charge in [-0.2, -0.15) is 0 Å². The fourth-order valence-corrected chi connectivity index (χ4v) is 5.23. The highest BCUT2D eigenvalue weighted by Crippen LogP contribution is 2.41. The molecule has 1 saturated carbocycles. The Morgan fingerprint density at radius 3 is 2.58 bits per heavy atom. The number of ether oxygens (including phenoxy) is 1. The van der Waals surface area contributed by atoms with E-state index >= 15 is 0 Å².